The number of nitrogens with one attached hydrogen (secondary N) is 1. The largest absolute Gasteiger partial charge is 0.493 e. The lowest BCUT2D eigenvalue weighted by Crippen LogP contribution is -2.35. The normalized spacial score (nSPS) is 16.3. The Morgan fingerprint density at radius 3 is 3.16 bits per heavy atom. The van der Waals surface area contributed by atoms with E-state index in [9.17, 15) is 4.79 Å². The number of carbonyl (C=O) groups is 1. The fraction of sp³-hybridized carbons (Fsp3) is 0.278. The molecule has 1 atom stereocenters. The van der Waals surface area contributed by atoms with Gasteiger partial charge in [0.2, 0.25) is 0 Å². The van der Waals surface area contributed by atoms with Gasteiger partial charge in [-0.25, -0.2) is 9.50 Å². The molecule has 2 aromatic heterocycles. The molecule has 3 aromatic rings. The molecule has 0 saturated heterocycles. The van der Waals surface area contributed by atoms with Gasteiger partial charge in [-0.2, -0.15) is 5.10 Å². The third kappa shape index (κ3) is 3.05. The lowest BCUT2D eigenvalue weighted by atomic mass is 9.97. The first kappa shape index (κ1) is 15.9. The second-order valence-corrected chi connectivity index (χ2v) is 6.64. The molecule has 6 nitrogen and oxygen atoms in total. The molecule has 1 aromatic carbocycles. The number of carbonyl (C=O) groups excluding carboxylic acids is 1. The van der Waals surface area contributed by atoms with Crippen molar-refractivity contribution in [2.24, 2.45) is 5.92 Å². The summed E-state index contributed by atoms with van der Waals surface area (Å²) in [6.45, 7) is 2.99. The number of fused-ring (bicyclic) bond motifs is 2. The second-order valence-electron chi connectivity index (χ2n) is 6.26. The van der Waals surface area contributed by atoms with E-state index in [0.717, 1.165) is 17.7 Å². The summed E-state index contributed by atoms with van der Waals surface area (Å²) < 4.78 is 7.29. The van der Waals surface area contributed by atoms with Crippen molar-refractivity contribution in [1.29, 1.82) is 0 Å². The van der Waals surface area contributed by atoms with E-state index in [1.54, 1.807) is 12.4 Å². The van der Waals surface area contributed by atoms with Gasteiger partial charge in [-0.1, -0.05) is 29.8 Å². The van der Waals surface area contributed by atoms with E-state index < -0.39 is 0 Å². The number of hydrogen-bond acceptors (Lipinski definition) is 4. The van der Waals surface area contributed by atoms with Crippen LogP contribution >= 0.6 is 11.6 Å². The molecular weight excluding hydrogens is 340 g/mol. The average Bonchev–Trinajstić information content (AvgIpc) is 2.95. The lowest BCUT2D eigenvalue weighted by molar-refractivity contribution is 0.0934. The van der Waals surface area contributed by atoms with E-state index in [0.29, 0.717) is 18.8 Å². The van der Waals surface area contributed by atoms with Crippen molar-refractivity contribution in [3.63, 3.8) is 0 Å². The molecule has 3 heterocycles. The van der Waals surface area contributed by atoms with Crippen LogP contribution < -0.4 is 10.1 Å². The van der Waals surface area contributed by atoms with Crippen molar-refractivity contribution in [1.82, 2.24) is 19.9 Å². The zero-order chi connectivity index (χ0) is 17.4. The molecule has 7 heteroatoms. The Balaban J connectivity index is 1.45. The second kappa shape index (κ2) is 6.37. The van der Waals surface area contributed by atoms with E-state index in [-0.39, 0.29) is 22.5 Å². The maximum atomic E-state index is 12.5. The quantitative estimate of drug-likeness (QED) is 0.783. The molecule has 0 aliphatic carbocycles. The van der Waals surface area contributed by atoms with E-state index in [2.05, 4.69) is 21.5 Å². The Morgan fingerprint density at radius 2 is 2.28 bits per heavy atom. The number of rotatable bonds is 3. The van der Waals surface area contributed by atoms with Gasteiger partial charge >= 0.3 is 0 Å². The van der Waals surface area contributed by atoms with Crippen molar-refractivity contribution < 1.29 is 9.53 Å². The minimum atomic E-state index is -0.299. The number of halogens is 1. The Morgan fingerprint density at radius 1 is 1.44 bits per heavy atom. The summed E-state index contributed by atoms with van der Waals surface area (Å²) in [6, 6.07) is 7.97. The van der Waals surface area contributed by atoms with Crippen LogP contribution in [0.2, 0.25) is 5.02 Å². The highest BCUT2D eigenvalue weighted by molar-refractivity contribution is 6.36. The number of aryl methyl sites for hydroxylation is 1. The third-order valence-electron chi connectivity index (χ3n) is 4.27. The SMILES string of the molecule is Cc1cnc2c(Cl)c(C(=O)NC[C@H]3COc4ccccc4C3)nn2c1. The molecule has 0 bridgehead atoms. The molecule has 128 valence electrons. The Hall–Kier alpha value is -2.60. The first-order chi connectivity index (χ1) is 12.1. The fourth-order valence-corrected chi connectivity index (χ4v) is 3.25. The van der Waals surface area contributed by atoms with Crippen LogP contribution in [-0.4, -0.2) is 33.7 Å². The smallest absolute Gasteiger partial charge is 0.273 e. The molecule has 0 spiro atoms. The fourth-order valence-electron chi connectivity index (χ4n) is 2.99. The van der Waals surface area contributed by atoms with Crippen molar-refractivity contribution in [2.45, 2.75) is 13.3 Å². The van der Waals surface area contributed by atoms with Crippen LogP contribution in [0, 0.1) is 12.8 Å². The monoisotopic (exact) mass is 356 g/mol. The summed E-state index contributed by atoms with van der Waals surface area (Å²) >= 11 is 6.26. The van der Waals surface area contributed by atoms with Crippen LogP contribution in [0.15, 0.2) is 36.7 Å². The van der Waals surface area contributed by atoms with Crippen molar-refractivity contribution >= 4 is 23.2 Å². The van der Waals surface area contributed by atoms with Gasteiger partial charge in [-0.3, -0.25) is 4.79 Å². The minimum absolute atomic E-state index is 0.192. The standard InChI is InChI=1S/C18H17ClN4O2/c1-11-7-20-17-15(19)16(22-23(17)9-11)18(24)21-8-12-6-13-4-2-3-5-14(13)25-10-12/h2-5,7,9,12H,6,8,10H2,1H3,(H,21,24)/t12-/m0/s1. The molecule has 1 aliphatic heterocycles. The molecule has 1 N–H and O–H groups in total. The highest BCUT2D eigenvalue weighted by Gasteiger charge is 2.23. The van der Waals surface area contributed by atoms with Gasteiger partial charge in [0.15, 0.2) is 11.3 Å². The lowest BCUT2D eigenvalue weighted by Gasteiger charge is -2.25. The predicted octanol–water partition coefficient (Wildman–Crippen LogP) is 2.67. The van der Waals surface area contributed by atoms with Gasteiger partial charge < -0.3 is 10.1 Å². The van der Waals surface area contributed by atoms with Crippen LogP contribution in [0.3, 0.4) is 0 Å². The molecule has 25 heavy (non-hydrogen) atoms. The van der Waals surface area contributed by atoms with E-state index >= 15 is 0 Å². The molecule has 0 unspecified atom stereocenters. The van der Waals surface area contributed by atoms with Gasteiger partial charge in [0.25, 0.3) is 5.91 Å². The first-order valence-electron chi connectivity index (χ1n) is 8.11. The third-order valence-corrected chi connectivity index (χ3v) is 4.62. The summed E-state index contributed by atoms with van der Waals surface area (Å²) in [5.41, 5.74) is 2.78. The molecule has 1 aliphatic rings. The maximum absolute atomic E-state index is 12.5. The van der Waals surface area contributed by atoms with Crippen LogP contribution in [0.1, 0.15) is 21.6 Å². The minimum Gasteiger partial charge on any atom is -0.493 e. The van der Waals surface area contributed by atoms with Crippen molar-refractivity contribution in [3.05, 3.63) is 58.5 Å². The highest BCUT2D eigenvalue weighted by Crippen LogP contribution is 2.26. The molecule has 0 radical (unpaired) electrons. The zero-order valence-electron chi connectivity index (χ0n) is 13.7. The van der Waals surface area contributed by atoms with Crippen LogP contribution in [0.4, 0.5) is 0 Å². The average molecular weight is 357 g/mol. The number of hydrogen-bond donors (Lipinski definition) is 1. The topological polar surface area (TPSA) is 68.5 Å². The Kier molecular flexibility index (Phi) is 4.05. The zero-order valence-corrected chi connectivity index (χ0v) is 14.5. The van der Waals surface area contributed by atoms with Gasteiger partial charge in [-0.15, -0.1) is 0 Å². The summed E-state index contributed by atoms with van der Waals surface area (Å²) in [4.78, 5) is 16.7. The molecule has 0 saturated carbocycles. The maximum Gasteiger partial charge on any atom is 0.273 e. The number of ether oxygens (including phenoxy) is 1. The van der Waals surface area contributed by atoms with Crippen LogP contribution in [-0.2, 0) is 6.42 Å². The van der Waals surface area contributed by atoms with Crippen molar-refractivity contribution in [3.8, 4) is 5.75 Å². The number of nitrogens with zero attached hydrogens (tertiary/aromatic N) is 3. The number of aromatic nitrogens is 3. The molecular formula is C18H17ClN4O2. The molecule has 1 amide bonds. The summed E-state index contributed by atoms with van der Waals surface area (Å²) in [5, 5.41) is 7.43. The Labute approximate surface area is 149 Å². The number of para-hydroxylation sites is 1. The summed E-state index contributed by atoms with van der Waals surface area (Å²) in [5.74, 6) is 0.844. The summed E-state index contributed by atoms with van der Waals surface area (Å²) in [6.07, 6.45) is 4.36. The van der Waals surface area contributed by atoms with E-state index in [1.165, 1.54) is 10.1 Å². The van der Waals surface area contributed by atoms with Gasteiger partial charge in [0, 0.05) is 24.9 Å². The molecule has 0 fully saturated rings. The molecule has 4 rings (SSSR count). The number of amides is 1. The first-order valence-corrected chi connectivity index (χ1v) is 8.49. The van der Waals surface area contributed by atoms with Gasteiger partial charge in [0.05, 0.1) is 6.61 Å². The van der Waals surface area contributed by atoms with Crippen LogP contribution in [0.5, 0.6) is 5.75 Å². The summed E-state index contributed by atoms with van der Waals surface area (Å²) in [7, 11) is 0. The van der Waals surface area contributed by atoms with E-state index in [1.807, 2.05) is 25.1 Å². The highest BCUT2D eigenvalue weighted by atomic mass is 35.5. The van der Waals surface area contributed by atoms with E-state index in [4.69, 9.17) is 16.3 Å². The Bertz CT molecular complexity index is 953. The van der Waals surface area contributed by atoms with Gasteiger partial charge in [0.1, 0.15) is 10.8 Å². The predicted molar refractivity (Wildman–Crippen MR) is 94.2 cm³/mol. The van der Waals surface area contributed by atoms with Crippen LogP contribution in [0.25, 0.3) is 5.65 Å². The van der Waals surface area contributed by atoms with Crippen molar-refractivity contribution in [2.75, 3.05) is 13.2 Å². The van der Waals surface area contributed by atoms with Gasteiger partial charge in [-0.05, 0) is 30.5 Å². The number of benzene rings is 1.